The summed E-state index contributed by atoms with van der Waals surface area (Å²) in [7, 11) is 0. The van der Waals surface area contributed by atoms with Crippen LogP contribution in [0.1, 0.15) is 0 Å². The van der Waals surface area contributed by atoms with Crippen LogP contribution in [0.3, 0.4) is 0 Å². The summed E-state index contributed by atoms with van der Waals surface area (Å²) >= 11 is 0. The fourth-order valence-electron chi connectivity index (χ4n) is 0.719. The van der Waals surface area contributed by atoms with Gasteiger partial charge in [0.2, 0.25) is 0 Å². The number of rotatable bonds is 1. The lowest BCUT2D eigenvalue weighted by Gasteiger charge is -1.81. The predicted molar refractivity (Wildman–Crippen MR) is 36.3 cm³/mol. The first-order chi connectivity index (χ1) is 5.36. The van der Waals surface area contributed by atoms with E-state index in [2.05, 4.69) is 20.4 Å². The second kappa shape index (κ2) is 2.08. The highest BCUT2D eigenvalue weighted by Crippen LogP contribution is 2.15. The number of nitrogens with one attached hydrogen (secondary N) is 1. The lowest BCUT2D eigenvalue weighted by atomic mass is 10.4. The molecule has 0 aromatic carbocycles. The van der Waals surface area contributed by atoms with Crippen molar-refractivity contribution < 1.29 is 4.42 Å². The topological polar surface area (TPSA) is 93.6 Å². The van der Waals surface area contributed by atoms with E-state index < -0.39 is 0 Å². The van der Waals surface area contributed by atoms with Gasteiger partial charge in [-0.1, -0.05) is 5.10 Å². The first-order valence-electron chi connectivity index (χ1n) is 2.94. The molecule has 2 aromatic heterocycles. The number of nitrogens with two attached hydrogens (primary N) is 1. The number of aromatic amines is 1. The molecule has 0 unspecified atom stereocenters. The van der Waals surface area contributed by atoms with Gasteiger partial charge in [-0.2, -0.15) is 5.10 Å². The Balaban J connectivity index is 2.45. The predicted octanol–water partition coefficient (Wildman–Crippen LogP) is 0.0419. The van der Waals surface area contributed by atoms with Crippen molar-refractivity contribution in [1.82, 2.24) is 20.4 Å². The van der Waals surface area contributed by atoms with Gasteiger partial charge in [-0.25, -0.2) is 0 Å². The molecule has 0 aliphatic rings. The zero-order valence-electron chi connectivity index (χ0n) is 5.48. The third kappa shape index (κ3) is 0.936. The normalized spacial score (nSPS) is 10.2. The van der Waals surface area contributed by atoms with Crippen LogP contribution in [0.4, 0.5) is 6.01 Å². The van der Waals surface area contributed by atoms with Crippen LogP contribution in [0, 0.1) is 0 Å². The van der Waals surface area contributed by atoms with Gasteiger partial charge in [0.1, 0.15) is 0 Å². The summed E-state index contributed by atoms with van der Waals surface area (Å²) in [6.07, 6.45) is 3.22. The van der Waals surface area contributed by atoms with Crippen LogP contribution in [0.25, 0.3) is 11.5 Å². The Morgan fingerprint density at radius 1 is 1.45 bits per heavy atom. The molecule has 2 rings (SSSR count). The molecule has 0 radical (unpaired) electrons. The molecule has 0 aliphatic carbocycles. The second-order valence-corrected chi connectivity index (χ2v) is 1.93. The van der Waals surface area contributed by atoms with Crippen LogP contribution >= 0.6 is 0 Å². The van der Waals surface area contributed by atoms with E-state index in [1.54, 1.807) is 12.4 Å². The zero-order valence-corrected chi connectivity index (χ0v) is 5.48. The summed E-state index contributed by atoms with van der Waals surface area (Å²) < 4.78 is 4.92. The molecule has 6 heteroatoms. The molecule has 0 fully saturated rings. The zero-order chi connectivity index (χ0) is 7.68. The van der Waals surface area contributed by atoms with Crippen molar-refractivity contribution in [3.05, 3.63) is 12.4 Å². The summed E-state index contributed by atoms with van der Waals surface area (Å²) in [6.45, 7) is 0. The summed E-state index contributed by atoms with van der Waals surface area (Å²) in [5.41, 5.74) is 5.94. The van der Waals surface area contributed by atoms with Gasteiger partial charge in [-0.3, -0.25) is 5.10 Å². The third-order valence-corrected chi connectivity index (χ3v) is 1.19. The number of hydrogen-bond donors (Lipinski definition) is 2. The summed E-state index contributed by atoms with van der Waals surface area (Å²) in [5, 5.41) is 13.5. The van der Waals surface area contributed by atoms with Crippen LogP contribution in [0.2, 0.25) is 0 Å². The molecule has 3 N–H and O–H groups in total. The number of aromatic nitrogens is 4. The molecule has 0 saturated carbocycles. The van der Waals surface area contributed by atoms with Crippen molar-refractivity contribution >= 4 is 6.01 Å². The maximum Gasteiger partial charge on any atom is 0.313 e. The van der Waals surface area contributed by atoms with E-state index in [0.29, 0.717) is 5.89 Å². The summed E-state index contributed by atoms with van der Waals surface area (Å²) in [5.74, 6) is 0.372. The third-order valence-electron chi connectivity index (χ3n) is 1.19. The van der Waals surface area contributed by atoms with Gasteiger partial charge in [0, 0.05) is 6.20 Å². The lowest BCUT2D eigenvalue weighted by molar-refractivity contribution is 0.590. The number of nitrogen functional groups attached to an aromatic ring is 1. The number of H-pyrrole nitrogens is 1. The van der Waals surface area contributed by atoms with Crippen molar-refractivity contribution in [3.8, 4) is 11.5 Å². The first-order valence-corrected chi connectivity index (χ1v) is 2.94. The van der Waals surface area contributed by atoms with Crippen LogP contribution in [-0.2, 0) is 0 Å². The average molecular weight is 151 g/mol. The highest BCUT2D eigenvalue weighted by atomic mass is 16.4. The van der Waals surface area contributed by atoms with Crippen LogP contribution < -0.4 is 5.73 Å². The Bertz CT molecular complexity index is 337. The standard InChI is InChI=1S/C5H5N5O/c6-5-10-9-4(11-5)3-1-7-8-2-3/h1-2H,(H2,6,10)(H,7,8). The van der Waals surface area contributed by atoms with Crippen LogP contribution in [0.15, 0.2) is 16.8 Å². The van der Waals surface area contributed by atoms with E-state index in [-0.39, 0.29) is 6.01 Å². The lowest BCUT2D eigenvalue weighted by Crippen LogP contribution is -1.81. The monoisotopic (exact) mass is 151 g/mol. The van der Waals surface area contributed by atoms with Crippen molar-refractivity contribution in [2.24, 2.45) is 0 Å². The summed E-state index contributed by atoms with van der Waals surface area (Å²) in [4.78, 5) is 0. The molecule has 0 saturated heterocycles. The minimum atomic E-state index is 0.0567. The number of anilines is 1. The quantitative estimate of drug-likeness (QED) is 0.600. The Morgan fingerprint density at radius 3 is 2.91 bits per heavy atom. The van der Waals surface area contributed by atoms with Crippen LogP contribution in [-0.4, -0.2) is 20.4 Å². The van der Waals surface area contributed by atoms with Crippen molar-refractivity contribution in [2.75, 3.05) is 5.73 Å². The average Bonchev–Trinajstić information content (AvgIpc) is 2.55. The number of hydrogen-bond acceptors (Lipinski definition) is 5. The highest BCUT2D eigenvalue weighted by molar-refractivity contribution is 5.49. The molecule has 0 bridgehead atoms. The largest absolute Gasteiger partial charge is 0.403 e. The molecular formula is C5H5N5O. The minimum absolute atomic E-state index is 0.0567. The highest BCUT2D eigenvalue weighted by Gasteiger charge is 2.05. The van der Waals surface area contributed by atoms with E-state index in [4.69, 9.17) is 10.2 Å². The summed E-state index contributed by atoms with van der Waals surface area (Å²) in [6, 6.07) is 0.0567. The fraction of sp³-hybridized carbons (Fsp3) is 0. The van der Waals surface area contributed by atoms with Crippen molar-refractivity contribution in [1.29, 1.82) is 0 Å². The molecular weight excluding hydrogens is 146 g/mol. The number of nitrogens with zero attached hydrogens (tertiary/aromatic N) is 3. The molecule has 0 atom stereocenters. The smallest absolute Gasteiger partial charge is 0.313 e. The first kappa shape index (κ1) is 5.90. The van der Waals surface area contributed by atoms with E-state index in [1.165, 1.54) is 0 Å². The molecule has 2 heterocycles. The Morgan fingerprint density at radius 2 is 2.36 bits per heavy atom. The SMILES string of the molecule is Nc1nnc(-c2cn[nH]c2)o1. The van der Waals surface area contributed by atoms with Crippen molar-refractivity contribution in [3.63, 3.8) is 0 Å². The van der Waals surface area contributed by atoms with E-state index in [1.807, 2.05) is 0 Å². The molecule has 11 heavy (non-hydrogen) atoms. The Kier molecular flexibility index (Phi) is 1.12. The van der Waals surface area contributed by atoms with E-state index >= 15 is 0 Å². The Hall–Kier alpha value is -1.85. The van der Waals surface area contributed by atoms with E-state index in [9.17, 15) is 0 Å². The van der Waals surface area contributed by atoms with Gasteiger partial charge in [-0.05, 0) is 0 Å². The molecule has 56 valence electrons. The van der Waals surface area contributed by atoms with Crippen molar-refractivity contribution in [2.45, 2.75) is 0 Å². The molecule has 0 amide bonds. The minimum Gasteiger partial charge on any atom is -0.403 e. The fourth-order valence-corrected chi connectivity index (χ4v) is 0.719. The van der Waals surface area contributed by atoms with E-state index in [0.717, 1.165) is 5.56 Å². The van der Waals surface area contributed by atoms with Gasteiger partial charge in [0.25, 0.3) is 5.89 Å². The molecule has 0 spiro atoms. The van der Waals surface area contributed by atoms with Gasteiger partial charge in [0.05, 0.1) is 11.8 Å². The van der Waals surface area contributed by atoms with Crippen LogP contribution in [0.5, 0.6) is 0 Å². The van der Waals surface area contributed by atoms with Gasteiger partial charge < -0.3 is 10.2 Å². The molecule has 2 aromatic rings. The molecule has 6 nitrogen and oxygen atoms in total. The molecule has 0 aliphatic heterocycles. The maximum atomic E-state index is 5.21. The Labute approximate surface area is 61.4 Å². The van der Waals surface area contributed by atoms with Gasteiger partial charge >= 0.3 is 6.01 Å². The van der Waals surface area contributed by atoms with Gasteiger partial charge in [0.15, 0.2) is 0 Å². The maximum absolute atomic E-state index is 5.21. The second-order valence-electron chi connectivity index (χ2n) is 1.93. The van der Waals surface area contributed by atoms with Gasteiger partial charge in [-0.15, -0.1) is 5.10 Å².